The van der Waals surface area contributed by atoms with Gasteiger partial charge in [-0.05, 0) is 41.8 Å². The Morgan fingerprint density at radius 1 is 1.19 bits per heavy atom. The Kier molecular flexibility index (Phi) is 5.34. The molecule has 0 spiro atoms. The number of carbonyl (C=O) groups is 2. The first-order valence-corrected chi connectivity index (χ1v) is 8.26. The zero-order chi connectivity index (χ0) is 19.6. The topological polar surface area (TPSA) is 58.6 Å². The highest BCUT2D eigenvalue weighted by Crippen LogP contribution is 2.31. The lowest BCUT2D eigenvalue weighted by Gasteiger charge is -2.35. The van der Waals surface area contributed by atoms with Crippen molar-refractivity contribution in [3.8, 4) is 0 Å². The number of fused-ring (bicyclic) bond motifs is 1. The molecule has 2 aromatic carbocycles. The Morgan fingerprint density at radius 2 is 1.89 bits per heavy atom. The number of hydrogen-bond donors (Lipinski definition) is 1. The summed E-state index contributed by atoms with van der Waals surface area (Å²) in [5.41, 5.74) is 0.734. The van der Waals surface area contributed by atoms with Crippen LogP contribution in [0.3, 0.4) is 0 Å². The summed E-state index contributed by atoms with van der Waals surface area (Å²) in [4.78, 5) is 26.0. The fourth-order valence-electron chi connectivity index (χ4n) is 3.16. The van der Waals surface area contributed by atoms with Gasteiger partial charge in [-0.1, -0.05) is 12.1 Å². The molecule has 1 atom stereocenters. The first kappa shape index (κ1) is 18.8. The van der Waals surface area contributed by atoms with E-state index in [0.717, 1.165) is 17.0 Å². The van der Waals surface area contributed by atoms with Gasteiger partial charge in [0.25, 0.3) is 0 Å². The van der Waals surface area contributed by atoms with Crippen LogP contribution in [0.15, 0.2) is 36.4 Å². The van der Waals surface area contributed by atoms with E-state index in [4.69, 9.17) is 4.74 Å². The number of methoxy groups -OCH3 is 1. The molecule has 2 amide bonds. The monoisotopic (exact) mass is 378 g/mol. The van der Waals surface area contributed by atoms with Crippen LogP contribution in [0.4, 0.5) is 18.0 Å². The molecule has 27 heavy (non-hydrogen) atoms. The summed E-state index contributed by atoms with van der Waals surface area (Å²) >= 11 is 0. The van der Waals surface area contributed by atoms with Gasteiger partial charge in [-0.15, -0.1) is 0 Å². The van der Waals surface area contributed by atoms with Crippen LogP contribution in [0.2, 0.25) is 0 Å². The second-order valence-electron chi connectivity index (χ2n) is 6.08. The first-order chi connectivity index (χ1) is 12.9. The summed E-state index contributed by atoms with van der Waals surface area (Å²) in [6.07, 6.45) is -0.321. The van der Waals surface area contributed by atoms with Gasteiger partial charge >= 0.3 is 6.09 Å². The van der Waals surface area contributed by atoms with E-state index >= 15 is 0 Å². The van der Waals surface area contributed by atoms with E-state index < -0.39 is 42.0 Å². The fourth-order valence-corrected chi connectivity index (χ4v) is 3.16. The van der Waals surface area contributed by atoms with Crippen LogP contribution < -0.4 is 5.32 Å². The van der Waals surface area contributed by atoms with E-state index in [1.165, 1.54) is 25.3 Å². The average molecular weight is 378 g/mol. The minimum Gasteiger partial charge on any atom is -0.453 e. The van der Waals surface area contributed by atoms with Gasteiger partial charge in [-0.3, -0.25) is 9.69 Å². The van der Waals surface area contributed by atoms with E-state index in [0.29, 0.717) is 17.5 Å². The number of amides is 2. The molecule has 3 rings (SSSR count). The van der Waals surface area contributed by atoms with Gasteiger partial charge in [-0.25, -0.2) is 18.0 Å². The quantitative estimate of drug-likeness (QED) is 0.893. The summed E-state index contributed by atoms with van der Waals surface area (Å²) in [6.45, 7) is -0.217. The molecular formula is C19H17F3N2O3. The minimum absolute atomic E-state index is 0.192. The molecule has 1 N–H and O–H groups in total. The normalized spacial score (nSPS) is 15.9. The van der Waals surface area contributed by atoms with Crippen molar-refractivity contribution in [3.05, 3.63) is 70.5 Å². The fraction of sp³-hybridized carbons (Fsp3) is 0.263. The van der Waals surface area contributed by atoms with E-state index in [9.17, 15) is 22.8 Å². The van der Waals surface area contributed by atoms with Crippen molar-refractivity contribution in [2.24, 2.45) is 0 Å². The number of nitrogens with zero attached hydrogens (tertiary/aromatic N) is 1. The molecule has 0 unspecified atom stereocenters. The maximum absolute atomic E-state index is 13.8. The maximum atomic E-state index is 13.8. The molecule has 0 bridgehead atoms. The van der Waals surface area contributed by atoms with E-state index in [-0.39, 0.29) is 12.1 Å². The Balaban J connectivity index is 1.89. The highest BCUT2D eigenvalue weighted by atomic mass is 19.1. The van der Waals surface area contributed by atoms with Crippen LogP contribution >= 0.6 is 0 Å². The molecule has 0 fully saturated rings. The Morgan fingerprint density at radius 3 is 2.56 bits per heavy atom. The Hall–Kier alpha value is -3.03. The van der Waals surface area contributed by atoms with Gasteiger partial charge in [0.1, 0.15) is 23.5 Å². The standard InChI is InChI=1S/C19H17F3N2O3/c1-27-19(26)24-8-7-11-5-6-12(20)9-13(11)17(24)18(25)23-10-14-15(21)3-2-4-16(14)22/h2-6,9,17H,7-8,10H2,1H3,(H,23,25)/t17-/m0/s1. The van der Waals surface area contributed by atoms with E-state index in [1.807, 2.05) is 0 Å². The average Bonchev–Trinajstić information content (AvgIpc) is 2.65. The van der Waals surface area contributed by atoms with Gasteiger partial charge in [0, 0.05) is 18.7 Å². The van der Waals surface area contributed by atoms with Crippen molar-refractivity contribution in [3.63, 3.8) is 0 Å². The van der Waals surface area contributed by atoms with E-state index in [2.05, 4.69) is 5.32 Å². The van der Waals surface area contributed by atoms with Crippen molar-refractivity contribution in [2.45, 2.75) is 19.0 Å². The van der Waals surface area contributed by atoms with Gasteiger partial charge in [0.2, 0.25) is 5.91 Å². The van der Waals surface area contributed by atoms with Crippen molar-refractivity contribution < 1.29 is 27.5 Å². The second kappa shape index (κ2) is 7.69. The predicted octanol–water partition coefficient (Wildman–Crippen LogP) is 3.09. The third-order valence-electron chi connectivity index (χ3n) is 4.49. The molecule has 0 saturated carbocycles. The number of nitrogens with one attached hydrogen (secondary N) is 1. The molecule has 5 nitrogen and oxygen atoms in total. The van der Waals surface area contributed by atoms with Crippen LogP contribution in [-0.4, -0.2) is 30.6 Å². The molecule has 0 radical (unpaired) electrons. The van der Waals surface area contributed by atoms with Crippen molar-refractivity contribution >= 4 is 12.0 Å². The van der Waals surface area contributed by atoms with Crippen LogP contribution in [0, 0.1) is 17.5 Å². The van der Waals surface area contributed by atoms with Crippen molar-refractivity contribution in [2.75, 3.05) is 13.7 Å². The number of carbonyl (C=O) groups excluding carboxylic acids is 2. The SMILES string of the molecule is COC(=O)N1CCc2ccc(F)cc2[C@H]1C(=O)NCc1c(F)cccc1F. The van der Waals surface area contributed by atoms with Gasteiger partial charge < -0.3 is 10.1 Å². The Labute approximate surface area is 153 Å². The third kappa shape index (κ3) is 3.74. The van der Waals surface area contributed by atoms with Crippen molar-refractivity contribution in [1.29, 1.82) is 0 Å². The molecule has 0 aliphatic carbocycles. The molecule has 8 heteroatoms. The summed E-state index contributed by atoms with van der Waals surface area (Å²) in [5.74, 6) is -2.83. The summed E-state index contributed by atoms with van der Waals surface area (Å²) in [7, 11) is 1.17. The largest absolute Gasteiger partial charge is 0.453 e. The molecule has 1 heterocycles. The zero-order valence-corrected chi connectivity index (χ0v) is 14.5. The lowest BCUT2D eigenvalue weighted by atomic mass is 9.92. The number of halogens is 3. The molecule has 0 aromatic heterocycles. The number of rotatable bonds is 3. The lowest BCUT2D eigenvalue weighted by molar-refractivity contribution is -0.126. The van der Waals surface area contributed by atoms with Gasteiger partial charge in [0.05, 0.1) is 7.11 Å². The van der Waals surface area contributed by atoms with Crippen LogP contribution in [0.25, 0.3) is 0 Å². The highest BCUT2D eigenvalue weighted by molar-refractivity contribution is 5.87. The maximum Gasteiger partial charge on any atom is 0.410 e. The lowest BCUT2D eigenvalue weighted by Crippen LogP contribution is -2.47. The zero-order valence-electron chi connectivity index (χ0n) is 14.5. The predicted molar refractivity (Wildman–Crippen MR) is 90.2 cm³/mol. The summed E-state index contributed by atoms with van der Waals surface area (Å²) in [5, 5.41) is 2.43. The van der Waals surface area contributed by atoms with Crippen LogP contribution in [-0.2, 0) is 22.5 Å². The smallest absolute Gasteiger partial charge is 0.410 e. The number of ether oxygens (including phenoxy) is 1. The second-order valence-corrected chi connectivity index (χ2v) is 6.08. The van der Waals surface area contributed by atoms with Gasteiger partial charge in [0.15, 0.2) is 0 Å². The molecule has 2 aromatic rings. The number of benzene rings is 2. The molecule has 1 aliphatic heterocycles. The van der Waals surface area contributed by atoms with Crippen molar-refractivity contribution in [1.82, 2.24) is 10.2 Å². The molecule has 1 aliphatic rings. The molecule has 0 saturated heterocycles. The first-order valence-electron chi connectivity index (χ1n) is 8.26. The number of hydrogen-bond acceptors (Lipinski definition) is 3. The molecule has 142 valence electrons. The Bertz CT molecular complexity index is 868. The van der Waals surface area contributed by atoms with E-state index in [1.54, 1.807) is 6.07 Å². The van der Waals surface area contributed by atoms with Crippen LogP contribution in [0.1, 0.15) is 22.7 Å². The van der Waals surface area contributed by atoms with Crippen LogP contribution in [0.5, 0.6) is 0 Å². The third-order valence-corrected chi connectivity index (χ3v) is 4.49. The van der Waals surface area contributed by atoms with Gasteiger partial charge in [-0.2, -0.15) is 0 Å². The highest BCUT2D eigenvalue weighted by Gasteiger charge is 2.37. The molecular weight excluding hydrogens is 361 g/mol. The summed E-state index contributed by atoms with van der Waals surface area (Å²) in [6, 6.07) is 6.22. The minimum atomic E-state index is -1.16. The summed E-state index contributed by atoms with van der Waals surface area (Å²) < 4.78 is 46.0.